The predicted molar refractivity (Wildman–Crippen MR) is 136 cm³/mol. The van der Waals surface area contributed by atoms with Gasteiger partial charge in [0.15, 0.2) is 23.0 Å². The summed E-state index contributed by atoms with van der Waals surface area (Å²) in [5.74, 6) is -0.626. The van der Waals surface area contributed by atoms with E-state index in [-0.39, 0.29) is 29.4 Å². The second kappa shape index (κ2) is 10.3. The molecule has 1 unspecified atom stereocenters. The average Bonchev–Trinajstić information content (AvgIpc) is 3.18. The smallest absolute Gasteiger partial charge is 0.295 e. The number of aliphatic hydroxyl groups excluding tert-OH is 1. The number of aliphatic hydroxyl groups is 1. The lowest BCUT2D eigenvalue weighted by molar-refractivity contribution is -0.139. The highest BCUT2D eigenvalue weighted by molar-refractivity contribution is 6.46. The molecule has 3 aromatic rings. The van der Waals surface area contributed by atoms with Crippen molar-refractivity contribution >= 4 is 17.4 Å². The average molecular weight is 502 g/mol. The molecule has 1 amide bonds. The maximum atomic E-state index is 13.3. The van der Waals surface area contributed by atoms with Crippen molar-refractivity contribution < 1.29 is 34.0 Å². The molecule has 37 heavy (non-hydrogen) atoms. The van der Waals surface area contributed by atoms with E-state index in [2.05, 4.69) is 0 Å². The molecule has 8 nitrogen and oxygen atoms in total. The summed E-state index contributed by atoms with van der Waals surface area (Å²) in [6, 6.07) is 18.3. The van der Waals surface area contributed by atoms with Crippen molar-refractivity contribution in [3.8, 4) is 23.0 Å². The molecule has 0 radical (unpaired) electrons. The Morgan fingerprint density at radius 1 is 1.00 bits per heavy atom. The number of rotatable bonds is 7. The summed E-state index contributed by atoms with van der Waals surface area (Å²) in [6.07, 6.45) is 0.519. The molecular formula is C29H27NO7. The first-order valence-electron chi connectivity index (χ1n) is 12.2. The van der Waals surface area contributed by atoms with Crippen LogP contribution in [0.4, 0.5) is 0 Å². The van der Waals surface area contributed by atoms with Gasteiger partial charge in [0.1, 0.15) is 19.0 Å². The lowest BCUT2D eigenvalue weighted by Crippen LogP contribution is -2.31. The molecule has 190 valence electrons. The molecule has 2 N–H and O–H groups in total. The third kappa shape index (κ3) is 4.70. The van der Waals surface area contributed by atoms with Gasteiger partial charge in [-0.3, -0.25) is 9.59 Å². The maximum absolute atomic E-state index is 13.3. The summed E-state index contributed by atoms with van der Waals surface area (Å²) in [4.78, 5) is 28.1. The second-order valence-electron chi connectivity index (χ2n) is 8.75. The molecule has 1 fully saturated rings. The van der Waals surface area contributed by atoms with Gasteiger partial charge >= 0.3 is 0 Å². The number of carbonyl (C=O) groups excluding carboxylic acids is 2. The number of nitrogens with zero attached hydrogens (tertiary/aromatic N) is 1. The molecule has 0 aromatic heterocycles. The van der Waals surface area contributed by atoms with Gasteiger partial charge in [-0.15, -0.1) is 0 Å². The minimum atomic E-state index is -0.878. The zero-order valence-corrected chi connectivity index (χ0v) is 20.3. The highest BCUT2D eigenvalue weighted by atomic mass is 16.6. The molecule has 2 aliphatic heterocycles. The first-order chi connectivity index (χ1) is 18.0. The molecule has 5 rings (SSSR count). The van der Waals surface area contributed by atoms with Crippen molar-refractivity contribution in [3.63, 3.8) is 0 Å². The molecular weight excluding hydrogens is 474 g/mol. The van der Waals surface area contributed by atoms with Gasteiger partial charge in [-0.2, -0.15) is 0 Å². The minimum Gasteiger partial charge on any atom is -0.507 e. The van der Waals surface area contributed by atoms with Gasteiger partial charge in [0, 0.05) is 12.1 Å². The molecule has 1 saturated heterocycles. The monoisotopic (exact) mass is 501 g/mol. The number of phenolic OH excluding ortho intramolecular Hbond substituents is 1. The Labute approximate surface area is 214 Å². The zero-order chi connectivity index (χ0) is 25.9. The van der Waals surface area contributed by atoms with Crippen LogP contribution in [0.25, 0.3) is 5.76 Å². The fourth-order valence-corrected chi connectivity index (χ4v) is 4.67. The number of fused-ring (bicyclic) bond motifs is 1. The van der Waals surface area contributed by atoms with Crippen LogP contribution in [0.5, 0.6) is 23.0 Å². The number of phenols is 1. The quantitative estimate of drug-likeness (QED) is 0.284. The van der Waals surface area contributed by atoms with E-state index in [9.17, 15) is 19.8 Å². The first-order valence-corrected chi connectivity index (χ1v) is 12.2. The van der Waals surface area contributed by atoms with E-state index < -0.39 is 17.7 Å². The molecule has 0 bridgehead atoms. The van der Waals surface area contributed by atoms with Crippen molar-refractivity contribution in [3.05, 3.63) is 89.0 Å². The van der Waals surface area contributed by atoms with Crippen LogP contribution in [0.3, 0.4) is 0 Å². The molecule has 1 atom stereocenters. The van der Waals surface area contributed by atoms with Gasteiger partial charge in [0.05, 0.1) is 18.2 Å². The van der Waals surface area contributed by atoms with E-state index in [1.54, 1.807) is 37.3 Å². The first kappa shape index (κ1) is 24.2. The SMILES string of the molecule is CCOc1cc(C2/C(=C(/O)c3ccc4c(c3)OCCO4)C(=O)C(=O)N2CCc2ccccc2)ccc1O. The van der Waals surface area contributed by atoms with E-state index in [0.29, 0.717) is 48.9 Å². The highest BCUT2D eigenvalue weighted by Crippen LogP contribution is 2.43. The number of aromatic hydroxyl groups is 1. The summed E-state index contributed by atoms with van der Waals surface area (Å²) >= 11 is 0. The number of ether oxygens (including phenoxy) is 3. The van der Waals surface area contributed by atoms with E-state index >= 15 is 0 Å². The summed E-state index contributed by atoms with van der Waals surface area (Å²) in [5.41, 5.74) is 1.84. The van der Waals surface area contributed by atoms with Gasteiger partial charge in [0.25, 0.3) is 11.7 Å². The fraction of sp³-hybridized carbons (Fsp3) is 0.241. The largest absolute Gasteiger partial charge is 0.507 e. The number of hydrogen-bond donors (Lipinski definition) is 2. The molecule has 2 aliphatic rings. The van der Waals surface area contributed by atoms with Crippen LogP contribution in [-0.2, 0) is 16.0 Å². The lowest BCUT2D eigenvalue weighted by Gasteiger charge is -2.26. The summed E-state index contributed by atoms with van der Waals surface area (Å²) in [7, 11) is 0. The van der Waals surface area contributed by atoms with E-state index in [1.807, 2.05) is 30.3 Å². The van der Waals surface area contributed by atoms with Crippen molar-refractivity contribution in [2.24, 2.45) is 0 Å². The topological polar surface area (TPSA) is 106 Å². The van der Waals surface area contributed by atoms with Crippen LogP contribution in [0, 0.1) is 0 Å². The molecule has 8 heteroatoms. The molecule has 0 spiro atoms. The van der Waals surface area contributed by atoms with Gasteiger partial charge in [-0.1, -0.05) is 36.4 Å². The third-order valence-corrected chi connectivity index (χ3v) is 6.44. The van der Waals surface area contributed by atoms with Crippen LogP contribution in [-0.4, -0.2) is 53.2 Å². The molecule has 0 aliphatic carbocycles. The van der Waals surface area contributed by atoms with Gasteiger partial charge < -0.3 is 29.3 Å². The number of likely N-dealkylation sites (tertiary alicyclic amines) is 1. The van der Waals surface area contributed by atoms with Gasteiger partial charge in [-0.05, 0) is 54.8 Å². The Kier molecular flexibility index (Phi) is 6.72. The predicted octanol–water partition coefficient (Wildman–Crippen LogP) is 4.23. The standard InChI is InChI=1S/C29H27NO7/c1-2-35-23-16-19(8-10-21(23)31)26-25(27(32)20-9-11-22-24(17-20)37-15-14-36-22)28(33)29(34)30(26)13-12-18-6-4-3-5-7-18/h3-11,16-17,26,31-32H,2,12-15H2,1H3/b27-25-. The van der Waals surface area contributed by atoms with Crippen molar-refractivity contribution in [1.82, 2.24) is 4.90 Å². The number of carbonyl (C=O) groups is 2. The van der Waals surface area contributed by atoms with Crippen LogP contribution in [0.2, 0.25) is 0 Å². The number of ketones is 1. The van der Waals surface area contributed by atoms with Gasteiger partial charge in [-0.25, -0.2) is 0 Å². The maximum Gasteiger partial charge on any atom is 0.295 e. The third-order valence-electron chi connectivity index (χ3n) is 6.44. The number of hydrogen-bond acceptors (Lipinski definition) is 7. The zero-order valence-electron chi connectivity index (χ0n) is 20.3. The number of benzene rings is 3. The van der Waals surface area contributed by atoms with Crippen molar-refractivity contribution in [1.29, 1.82) is 0 Å². The van der Waals surface area contributed by atoms with E-state index in [1.165, 1.54) is 11.0 Å². The summed E-state index contributed by atoms with van der Waals surface area (Å²) in [6.45, 7) is 3.16. The second-order valence-corrected chi connectivity index (χ2v) is 8.75. The number of Topliss-reactive ketones (excluding diaryl/α,β-unsaturated/α-hetero) is 1. The van der Waals surface area contributed by atoms with Crippen LogP contribution < -0.4 is 14.2 Å². The Morgan fingerprint density at radius 3 is 2.51 bits per heavy atom. The molecule has 0 saturated carbocycles. The van der Waals surface area contributed by atoms with Crippen LogP contribution in [0.15, 0.2) is 72.3 Å². The van der Waals surface area contributed by atoms with E-state index in [0.717, 1.165) is 5.56 Å². The summed E-state index contributed by atoms with van der Waals surface area (Å²) < 4.78 is 16.7. The van der Waals surface area contributed by atoms with Gasteiger partial charge in [0.2, 0.25) is 0 Å². The minimum absolute atomic E-state index is 0.0390. The lowest BCUT2D eigenvalue weighted by atomic mass is 9.94. The molecule has 2 heterocycles. The normalized spacial score (nSPS) is 18.2. The molecule has 3 aromatic carbocycles. The Hall–Kier alpha value is -4.46. The Bertz CT molecular complexity index is 1370. The van der Waals surface area contributed by atoms with Crippen LogP contribution in [0.1, 0.15) is 29.7 Å². The van der Waals surface area contributed by atoms with Crippen molar-refractivity contribution in [2.45, 2.75) is 19.4 Å². The Balaban J connectivity index is 1.60. The van der Waals surface area contributed by atoms with E-state index in [4.69, 9.17) is 14.2 Å². The number of amides is 1. The highest BCUT2D eigenvalue weighted by Gasteiger charge is 2.46. The Morgan fingerprint density at radius 2 is 1.76 bits per heavy atom. The van der Waals surface area contributed by atoms with Crippen LogP contribution >= 0.6 is 0 Å². The fourth-order valence-electron chi connectivity index (χ4n) is 4.67. The van der Waals surface area contributed by atoms with Crippen molar-refractivity contribution in [2.75, 3.05) is 26.4 Å². The summed E-state index contributed by atoms with van der Waals surface area (Å²) in [5, 5.41) is 21.6.